The maximum absolute atomic E-state index is 12.8. The average molecular weight is 476 g/mol. The fourth-order valence-corrected chi connectivity index (χ4v) is 5.43. The molecule has 0 atom stereocenters. The largest absolute Gasteiger partial charge is 0.495 e. The van der Waals surface area contributed by atoms with Crippen LogP contribution in [0.1, 0.15) is 10.4 Å². The van der Waals surface area contributed by atoms with Crippen molar-refractivity contribution in [2.45, 2.75) is 5.03 Å². The predicted octanol–water partition coefficient (Wildman–Crippen LogP) is 3.15. The van der Waals surface area contributed by atoms with E-state index in [1.54, 1.807) is 0 Å². The lowest BCUT2D eigenvalue weighted by Crippen LogP contribution is -2.36. The van der Waals surface area contributed by atoms with Crippen LogP contribution >= 0.6 is 11.3 Å². The van der Waals surface area contributed by atoms with E-state index in [1.807, 2.05) is 24.3 Å². The summed E-state index contributed by atoms with van der Waals surface area (Å²) in [5.41, 5.74) is 2.01. The zero-order chi connectivity index (χ0) is 22.7. The summed E-state index contributed by atoms with van der Waals surface area (Å²) in [6.07, 6.45) is 0. The Morgan fingerprint density at radius 1 is 1.19 bits per heavy atom. The predicted molar refractivity (Wildman–Crippen MR) is 121 cm³/mol. The number of aromatic nitrogens is 1. The molecule has 1 saturated heterocycles. The summed E-state index contributed by atoms with van der Waals surface area (Å²) in [6.45, 7) is 3.07. The number of aromatic carboxylic acids is 1. The Balaban J connectivity index is 1.53. The van der Waals surface area contributed by atoms with Gasteiger partial charge in [0.2, 0.25) is 0 Å². The number of thiazole rings is 1. The first kappa shape index (κ1) is 22.1. The van der Waals surface area contributed by atoms with E-state index in [1.165, 1.54) is 42.0 Å². The third-order valence-corrected chi connectivity index (χ3v) is 7.23. The SMILES string of the molecule is COc1cc(C(=O)O)ccc1NS(=O)(=O)c1csc(-c2ccc(N3CCOCC3)cc2)n1. The molecule has 0 bridgehead atoms. The Bertz CT molecular complexity index is 1220. The van der Waals surface area contributed by atoms with Crippen molar-refractivity contribution in [2.24, 2.45) is 0 Å². The molecule has 168 valence electrons. The second-order valence-corrected chi connectivity index (χ2v) is 9.45. The third-order valence-electron chi connectivity index (χ3n) is 4.94. The van der Waals surface area contributed by atoms with E-state index in [-0.39, 0.29) is 22.0 Å². The molecule has 1 aliphatic heterocycles. The van der Waals surface area contributed by atoms with Gasteiger partial charge in [0.25, 0.3) is 10.0 Å². The molecule has 2 N–H and O–H groups in total. The molecule has 2 aromatic carbocycles. The van der Waals surface area contributed by atoms with Crippen molar-refractivity contribution in [2.75, 3.05) is 43.0 Å². The first-order valence-electron chi connectivity index (χ1n) is 9.70. The molecule has 0 amide bonds. The number of carboxylic acids is 1. The van der Waals surface area contributed by atoms with Gasteiger partial charge in [-0.25, -0.2) is 9.78 Å². The molecule has 0 saturated carbocycles. The van der Waals surface area contributed by atoms with Crippen molar-refractivity contribution in [1.29, 1.82) is 0 Å². The summed E-state index contributed by atoms with van der Waals surface area (Å²) in [4.78, 5) is 17.6. The van der Waals surface area contributed by atoms with E-state index >= 15 is 0 Å². The first-order chi connectivity index (χ1) is 15.4. The molecular weight excluding hydrogens is 454 g/mol. The maximum Gasteiger partial charge on any atom is 0.335 e. The minimum Gasteiger partial charge on any atom is -0.495 e. The van der Waals surface area contributed by atoms with Gasteiger partial charge in [-0.2, -0.15) is 8.42 Å². The molecule has 2 heterocycles. The molecule has 11 heteroatoms. The van der Waals surface area contributed by atoms with Crippen LogP contribution in [0, 0.1) is 0 Å². The molecule has 9 nitrogen and oxygen atoms in total. The van der Waals surface area contributed by atoms with E-state index in [0.717, 1.165) is 24.3 Å². The zero-order valence-electron chi connectivity index (χ0n) is 17.1. The maximum atomic E-state index is 12.8. The van der Waals surface area contributed by atoms with Crippen LogP contribution < -0.4 is 14.4 Å². The number of sulfonamides is 1. The van der Waals surface area contributed by atoms with Gasteiger partial charge in [0.05, 0.1) is 31.6 Å². The number of anilines is 2. The van der Waals surface area contributed by atoms with Gasteiger partial charge >= 0.3 is 5.97 Å². The smallest absolute Gasteiger partial charge is 0.335 e. The second-order valence-electron chi connectivity index (χ2n) is 6.96. The Kier molecular flexibility index (Phi) is 6.31. The topological polar surface area (TPSA) is 118 Å². The number of morpholine rings is 1. The fourth-order valence-electron chi connectivity index (χ4n) is 3.26. The van der Waals surface area contributed by atoms with Gasteiger partial charge in [0.15, 0.2) is 5.03 Å². The summed E-state index contributed by atoms with van der Waals surface area (Å²) in [6, 6.07) is 11.7. The first-order valence-corrected chi connectivity index (χ1v) is 12.1. The van der Waals surface area contributed by atoms with Gasteiger partial charge in [-0.3, -0.25) is 4.72 Å². The van der Waals surface area contributed by atoms with Gasteiger partial charge < -0.3 is 19.5 Å². The monoisotopic (exact) mass is 475 g/mol. The van der Waals surface area contributed by atoms with Crippen LogP contribution in [0.3, 0.4) is 0 Å². The summed E-state index contributed by atoms with van der Waals surface area (Å²) < 4.78 is 38.6. The van der Waals surface area contributed by atoms with Crippen molar-refractivity contribution < 1.29 is 27.8 Å². The highest BCUT2D eigenvalue weighted by Crippen LogP contribution is 2.31. The number of methoxy groups -OCH3 is 1. The molecule has 0 unspecified atom stereocenters. The zero-order valence-corrected chi connectivity index (χ0v) is 18.8. The second kappa shape index (κ2) is 9.15. The van der Waals surface area contributed by atoms with Gasteiger partial charge in [-0.1, -0.05) is 0 Å². The molecule has 1 fully saturated rings. The van der Waals surface area contributed by atoms with E-state index < -0.39 is 16.0 Å². The molecule has 1 aliphatic rings. The molecule has 3 aromatic rings. The molecule has 4 rings (SSSR count). The Morgan fingerprint density at radius 3 is 2.56 bits per heavy atom. The van der Waals surface area contributed by atoms with Crippen LogP contribution in [0.2, 0.25) is 0 Å². The van der Waals surface area contributed by atoms with Gasteiger partial charge in [-0.15, -0.1) is 11.3 Å². The number of hydrogen-bond acceptors (Lipinski definition) is 8. The highest BCUT2D eigenvalue weighted by atomic mass is 32.2. The minimum atomic E-state index is -3.99. The molecule has 0 spiro atoms. The Hall–Kier alpha value is -3.15. The molecule has 1 aromatic heterocycles. The van der Waals surface area contributed by atoms with Crippen molar-refractivity contribution >= 4 is 38.7 Å². The van der Waals surface area contributed by atoms with Crippen molar-refractivity contribution in [1.82, 2.24) is 4.98 Å². The summed E-state index contributed by atoms with van der Waals surface area (Å²) >= 11 is 1.22. The third kappa shape index (κ3) is 4.69. The van der Waals surface area contributed by atoms with Crippen molar-refractivity contribution in [3.8, 4) is 16.3 Å². The number of benzene rings is 2. The normalized spacial score (nSPS) is 14.2. The molecular formula is C21H21N3O6S2. The van der Waals surface area contributed by atoms with Crippen LogP contribution in [0.15, 0.2) is 52.9 Å². The van der Waals surface area contributed by atoms with Crippen LogP contribution in [0.5, 0.6) is 5.75 Å². The van der Waals surface area contributed by atoms with Crippen molar-refractivity contribution in [3.63, 3.8) is 0 Å². The number of carboxylic acid groups (broad SMARTS) is 1. The van der Waals surface area contributed by atoms with Crippen LogP contribution in [-0.4, -0.2) is 57.9 Å². The van der Waals surface area contributed by atoms with Crippen LogP contribution in [0.4, 0.5) is 11.4 Å². The number of rotatable bonds is 7. The standard InChI is InChI=1S/C21H21N3O6S2/c1-29-18-12-15(21(25)26)4-7-17(18)23-32(27,28)19-13-31-20(22-19)14-2-5-16(6-3-14)24-8-10-30-11-9-24/h2-7,12-13,23H,8-11H2,1H3,(H,25,26). The van der Waals surface area contributed by atoms with Crippen LogP contribution in [0.25, 0.3) is 10.6 Å². The van der Waals surface area contributed by atoms with E-state index in [9.17, 15) is 13.2 Å². The van der Waals surface area contributed by atoms with Gasteiger partial charge in [0.1, 0.15) is 10.8 Å². The van der Waals surface area contributed by atoms with Gasteiger partial charge in [0, 0.05) is 29.7 Å². The summed E-state index contributed by atoms with van der Waals surface area (Å²) in [5.74, 6) is -1.04. The van der Waals surface area contributed by atoms with E-state index in [4.69, 9.17) is 14.6 Å². The summed E-state index contributed by atoms with van der Waals surface area (Å²) in [5, 5.41) is 11.0. The number of hydrogen-bond donors (Lipinski definition) is 2. The molecule has 32 heavy (non-hydrogen) atoms. The number of nitrogens with zero attached hydrogens (tertiary/aromatic N) is 2. The van der Waals surface area contributed by atoms with E-state index in [2.05, 4.69) is 14.6 Å². The summed E-state index contributed by atoms with van der Waals surface area (Å²) in [7, 11) is -2.66. The fraction of sp³-hybridized carbons (Fsp3) is 0.238. The van der Waals surface area contributed by atoms with Crippen LogP contribution in [-0.2, 0) is 14.8 Å². The Labute approximate surface area is 189 Å². The molecule has 0 aliphatic carbocycles. The lowest BCUT2D eigenvalue weighted by atomic mass is 10.2. The highest BCUT2D eigenvalue weighted by molar-refractivity contribution is 7.92. The quantitative estimate of drug-likeness (QED) is 0.535. The number of carbonyl (C=O) groups is 1. The van der Waals surface area contributed by atoms with Gasteiger partial charge in [-0.05, 0) is 42.5 Å². The van der Waals surface area contributed by atoms with Crippen molar-refractivity contribution in [3.05, 3.63) is 53.4 Å². The molecule has 0 radical (unpaired) electrons. The average Bonchev–Trinajstić information content (AvgIpc) is 3.31. The number of nitrogens with one attached hydrogen (secondary N) is 1. The Morgan fingerprint density at radius 2 is 1.91 bits per heavy atom. The number of ether oxygens (including phenoxy) is 2. The van der Waals surface area contributed by atoms with E-state index in [0.29, 0.717) is 18.2 Å². The highest BCUT2D eigenvalue weighted by Gasteiger charge is 2.21. The minimum absolute atomic E-state index is 0.0127. The lowest BCUT2D eigenvalue weighted by Gasteiger charge is -2.28. The lowest BCUT2D eigenvalue weighted by molar-refractivity contribution is 0.0696.